The van der Waals surface area contributed by atoms with E-state index >= 15 is 0 Å². The number of nitrogens with one attached hydrogen (secondary N) is 3. The maximum atomic E-state index is 12.2. The third-order valence-electron chi connectivity index (χ3n) is 3.58. The molecule has 1 unspecified atom stereocenters. The molecule has 126 valence electrons. The van der Waals surface area contributed by atoms with E-state index in [0.717, 1.165) is 15.3 Å². The number of H-pyrrole nitrogens is 2. The van der Waals surface area contributed by atoms with Crippen molar-refractivity contribution in [3.8, 4) is 0 Å². The first kappa shape index (κ1) is 16.7. The number of hydrogen-bond acceptors (Lipinski definition) is 7. The highest BCUT2D eigenvalue weighted by Gasteiger charge is 2.17. The topological polar surface area (TPSA) is 116 Å². The van der Waals surface area contributed by atoms with Crippen LogP contribution in [0.15, 0.2) is 11.1 Å². The lowest BCUT2D eigenvalue weighted by atomic mass is 10.2. The molecule has 0 radical (unpaired) electrons. The van der Waals surface area contributed by atoms with E-state index in [0.29, 0.717) is 22.9 Å². The summed E-state index contributed by atoms with van der Waals surface area (Å²) in [5.74, 6) is 1.12. The van der Waals surface area contributed by atoms with E-state index in [2.05, 4.69) is 30.5 Å². The van der Waals surface area contributed by atoms with E-state index in [9.17, 15) is 9.59 Å². The van der Waals surface area contributed by atoms with Crippen molar-refractivity contribution >= 4 is 45.2 Å². The zero-order chi connectivity index (χ0) is 17.3. The molecule has 1 atom stereocenters. The maximum Gasteiger partial charge on any atom is 0.259 e. The largest absolute Gasteiger partial charge is 0.309 e. The van der Waals surface area contributed by atoms with Gasteiger partial charge in [-0.05, 0) is 26.3 Å². The summed E-state index contributed by atoms with van der Waals surface area (Å²) in [6, 6.07) is 0. The van der Waals surface area contributed by atoms with Gasteiger partial charge in [-0.1, -0.05) is 0 Å². The molecule has 3 heterocycles. The first-order chi connectivity index (χ1) is 11.5. The number of fused-ring (bicyclic) bond motifs is 1. The summed E-state index contributed by atoms with van der Waals surface area (Å²) in [6.07, 6.45) is 1.32. The van der Waals surface area contributed by atoms with E-state index in [1.54, 1.807) is 6.92 Å². The molecule has 24 heavy (non-hydrogen) atoms. The Kier molecular flexibility index (Phi) is 4.67. The lowest BCUT2D eigenvalue weighted by molar-refractivity contribution is -0.115. The van der Waals surface area contributed by atoms with Gasteiger partial charge in [0.25, 0.3) is 5.56 Å². The number of hydrogen-bond donors (Lipinski definition) is 3. The summed E-state index contributed by atoms with van der Waals surface area (Å²) in [5.41, 5.74) is 0.846. The minimum Gasteiger partial charge on any atom is -0.309 e. The van der Waals surface area contributed by atoms with Gasteiger partial charge in [0, 0.05) is 4.88 Å². The van der Waals surface area contributed by atoms with Gasteiger partial charge in [0.1, 0.15) is 17.0 Å². The van der Waals surface area contributed by atoms with Crippen LogP contribution in [0.25, 0.3) is 10.2 Å². The Hall–Kier alpha value is -2.20. The molecule has 10 heteroatoms. The summed E-state index contributed by atoms with van der Waals surface area (Å²) < 4.78 is 0. The van der Waals surface area contributed by atoms with Crippen molar-refractivity contribution in [2.24, 2.45) is 0 Å². The highest BCUT2D eigenvalue weighted by atomic mass is 32.2. The number of aromatic nitrogens is 5. The smallest absolute Gasteiger partial charge is 0.259 e. The first-order valence-electron chi connectivity index (χ1n) is 7.22. The molecule has 0 aliphatic carbocycles. The second-order valence-electron chi connectivity index (χ2n) is 5.25. The number of anilines is 1. The summed E-state index contributed by atoms with van der Waals surface area (Å²) in [7, 11) is 0. The Labute approximate surface area is 145 Å². The predicted octanol–water partition coefficient (Wildman–Crippen LogP) is 1.98. The second-order valence-corrected chi connectivity index (χ2v) is 7.78. The number of thioether (sulfide) groups is 1. The van der Waals surface area contributed by atoms with Crippen molar-refractivity contribution in [3.63, 3.8) is 0 Å². The van der Waals surface area contributed by atoms with Gasteiger partial charge in [0.15, 0.2) is 0 Å². The lowest BCUT2D eigenvalue weighted by Crippen LogP contribution is -2.23. The molecule has 0 aliphatic rings. The summed E-state index contributed by atoms with van der Waals surface area (Å²) in [4.78, 5) is 37.3. The van der Waals surface area contributed by atoms with Crippen molar-refractivity contribution in [3.05, 3.63) is 32.9 Å². The van der Waals surface area contributed by atoms with Crippen LogP contribution < -0.4 is 10.9 Å². The third-order valence-corrected chi connectivity index (χ3v) is 5.84. The second kappa shape index (κ2) is 6.73. The van der Waals surface area contributed by atoms with E-state index in [1.165, 1.54) is 29.4 Å². The SMILES string of the molecule is Cc1sc2nc(CSC(C)C(=O)Nc3ncn[nH]3)[nH]c(=O)c2c1C. The normalized spacial score (nSPS) is 12.5. The van der Waals surface area contributed by atoms with Crippen molar-refractivity contribution in [1.29, 1.82) is 0 Å². The predicted molar refractivity (Wildman–Crippen MR) is 95.5 cm³/mol. The number of thiophene rings is 1. The Balaban J connectivity index is 1.69. The molecular formula is C14H16N6O2S2. The fourth-order valence-electron chi connectivity index (χ4n) is 2.13. The van der Waals surface area contributed by atoms with Gasteiger partial charge in [-0.2, -0.15) is 10.1 Å². The van der Waals surface area contributed by atoms with Gasteiger partial charge < -0.3 is 4.98 Å². The first-order valence-corrected chi connectivity index (χ1v) is 9.09. The molecule has 3 aromatic heterocycles. The number of nitrogens with zero attached hydrogens (tertiary/aromatic N) is 3. The van der Waals surface area contributed by atoms with Gasteiger partial charge in [-0.15, -0.1) is 23.1 Å². The van der Waals surface area contributed by atoms with Gasteiger partial charge in [0.05, 0.1) is 16.4 Å². The standard InChI is InChI=1S/C14H16N6O2S2/c1-6-7(2)24-13-10(6)12(22)17-9(18-13)4-23-8(3)11(21)19-14-15-5-16-20-14/h5,8H,4H2,1-3H3,(H,17,18,22)(H2,15,16,19,20,21). The van der Waals surface area contributed by atoms with Crippen LogP contribution in [0.1, 0.15) is 23.2 Å². The van der Waals surface area contributed by atoms with Crippen LogP contribution in [0.2, 0.25) is 0 Å². The fraction of sp³-hybridized carbons (Fsp3) is 0.357. The average molecular weight is 364 g/mol. The molecule has 0 bridgehead atoms. The van der Waals surface area contributed by atoms with Crippen molar-refractivity contribution < 1.29 is 4.79 Å². The molecule has 3 rings (SSSR count). The number of carbonyl (C=O) groups excluding carboxylic acids is 1. The molecule has 8 nitrogen and oxygen atoms in total. The van der Waals surface area contributed by atoms with Gasteiger partial charge >= 0.3 is 0 Å². The van der Waals surface area contributed by atoms with E-state index in [1.807, 2.05) is 13.8 Å². The summed E-state index contributed by atoms with van der Waals surface area (Å²) >= 11 is 2.90. The van der Waals surface area contributed by atoms with Gasteiger partial charge in [-0.3, -0.25) is 14.9 Å². The van der Waals surface area contributed by atoms with Crippen LogP contribution in [-0.2, 0) is 10.5 Å². The van der Waals surface area contributed by atoms with E-state index < -0.39 is 0 Å². The maximum absolute atomic E-state index is 12.2. The Morgan fingerprint density at radius 3 is 2.96 bits per heavy atom. The quantitative estimate of drug-likeness (QED) is 0.637. The highest BCUT2D eigenvalue weighted by molar-refractivity contribution is 7.99. The van der Waals surface area contributed by atoms with Crippen molar-refractivity contribution in [2.75, 3.05) is 5.32 Å². The summed E-state index contributed by atoms with van der Waals surface area (Å²) in [5, 5.41) is 9.20. The van der Waals surface area contributed by atoms with Crippen LogP contribution in [0.4, 0.5) is 5.95 Å². The van der Waals surface area contributed by atoms with Crippen LogP contribution in [-0.4, -0.2) is 36.3 Å². The minimum absolute atomic E-state index is 0.129. The number of rotatable bonds is 5. The molecule has 0 fully saturated rings. The van der Waals surface area contributed by atoms with E-state index in [-0.39, 0.29) is 16.7 Å². The van der Waals surface area contributed by atoms with Crippen LogP contribution in [0.3, 0.4) is 0 Å². The molecule has 0 spiro atoms. The number of amides is 1. The molecule has 3 N–H and O–H groups in total. The monoisotopic (exact) mass is 364 g/mol. The van der Waals surface area contributed by atoms with Crippen LogP contribution in [0.5, 0.6) is 0 Å². The molecule has 1 amide bonds. The van der Waals surface area contributed by atoms with Crippen molar-refractivity contribution in [2.45, 2.75) is 31.8 Å². The van der Waals surface area contributed by atoms with Gasteiger partial charge in [0.2, 0.25) is 11.9 Å². The molecular weight excluding hydrogens is 348 g/mol. The van der Waals surface area contributed by atoms with Crippen LogP contribution >= 0.6 is 23.1 Å². The Bertz CT molecular complexity index is 931. The molecule has 3 aromatic rings. The van der Waals surface area contributed by atoms with Gasteiger partial charge in [-0.25, -0.2) is 10.1 Å². The minimum atomic E-state index is -0.331. The lowest BCUT2D eigenvalue weighted by Gasteiger charge is -2.09. The van der Waals surface area contributed by atoms with Crippen molar-refractivity contribution in [1.82, 2.24) is 25.1 Å². The Morgan fingerprint density at radius 2 is 2.25 bits per heavy atom. The number of carbonyl (C=O) groups is 1. The molecule has 0 aromatic carbocycles. The average Bonchev–Trinajstić information content (AvgIpc) is 3.13. The summed E-state index contributed by atoms with van der Waals surface area (Å²) in [6.45, 7) is 5.69. The number of aromatic amines is 2. The van der Waals surface area contributed by atoms with Crippen LogP contribution in [0, 0.1) is 13.8 Å². The third kappa shape index (κ3) is 3.34. The Morgan fingerprint density at radius 1 is 1.46 bits per heavy atom. The fourth-order valence-corrected chi connectivity index (χ4v) is 3.94. The number of aryl methyl sites for hydroxylation is 2. The van der Waals surface area contributed by atoms with E-state index in [4.69, 9.17) is 0 Å². The highest BCUT2D eigenvalue weighted by Crippen LogP contribution is 2.26. The zero-order valence-corrected chi connectivity index (χ0v) is 15.0. The molecule has 0 aliphatic heterocycles. The molecule has 0 saturated carbocycles. The molecule has 0 saturated heterocycles. The zero-order valence-electron chi connectivity index (χ0n) is 13.3.